The number of phenols is 13. The molecule has 320 valence electrons. The van der Waals surface area contributed by atoms with Crippen molar-refractivity contribution in [1.82, 2.24) is 0 Å². The number of aromatic hydroxyl groups is 13. The minimum atomic E-state index is -0.703. The van der Waals surface area contributed by atoms with E-state index in [2.05, 4.69) is 4.74 Å². The number of methoxy groups -OCH3 is 1. The van der Waals surface area contributed by atoms with E-state index >= 15 is 0 Å². The third kappa shape index (κ3) is 12.0. The molecule has 1 unspecified atom stereocenters. The van der Waals surface area contributed by atoms with E-state index in [0.29, 0.717) is 54.2 Å². The summed E-state index contributed by atoms with van der Waals surface area (Å²) in [6.45, 7) is 4.90. The van der Waals surface area contributed by atoms with E-state index in [1.165, 1.54) is 61.7 Å². The van der Waals surface area contributed by atoms with E-state index in [1.807, 2.05) is 13.8 Å². The van der Waals surface area contributed by atoms with Crippen molar-refractivity contribution >= 4 is 5.97 Å². The lowest BCUT2D eigenvalue weighted by atomic mass is 9.83. The van der Waals surface area contributed by atoms with Crippen LogP contribution in [0.5, 0.6) is 86.2 Å². The summed E-state index contributed by atoms with van der Waals surface area (Å²) in [7, 11) is 2.17. The Labute approximate surface area is 337 Å². The molecule has 0 saturated carbocycles. The van der Waals surface area contributed by atoms with Crippen molar-refractivity contribution in [1.29, 1.82) is 0 Å². The zero-order valence-electron chi connectivity index (χ0n) is 32.4. The zero-order chi connectivity index (χ0) is 44.6. The highest BCUT2D eigenvalue weighted by atomic mass is 16.5. The first kappa shape index (κ1) is 47.7. The molecular formula is C41H48O18. The summed E-state index contributed by atoms with van der Waals surface area (Å²) < 4.78 is 15.7. The average molecular weight is 829 g/mol. The number of hydrogen-bond acceptors (Lipinski definition) is 18. The zero-order valence-corrected chi connectivity index (χ0v) is 32.4. The number of carbonyl (C=O) groups is 1. The summed E-state index contributed by atoms with van der Waals surface area (Å²) in [5, 5.41) is 127. The maximum Gasteiger partial charge on any atom is 0.338 e. The van der Waals surface area contributed by atoms with Crippen LogP contribution < -0.4 is 9.47 Å². The summed E-state index contributed by atoms with van der Waals surface area (Å²) in [6.07, 6.45) is 2.01. The molecule has 0 spiro atoms. The van der Waals surface area contributed by atoms with E-state index in [1.54, 1.807) is 0 Å². The number of aliphatic hydroxyl groups is 1. The third-order valence-corrected chi connectivity index (χ3v) is 8.14. The summed E-state index contributed by atoms with van der Waals surface area (Å²) in [5.74, 6) is -4.38. The Morgan fingerprint density at radius 1 is 0.576 bits per heavy atom. The number of hydrogen-bond donors (Lipinski definition) is 14. The Morgan fingerprint density at radius 2 is 1.05 bits per heavy atom. The summed E-state index contributed by atoms with van der Waals surface area (Å²) in [5.41, 5.74) is 1.71. The van der Waals surface area contributed by atoms with Crippen LogP contribution in [0, 0.1) is 0 Å². The van der Waals surface area contributed by atoms with Crippen LogP contribution in [0.4, 0.5) is 0 Å². The molecule has 59 heavy (non-hydrogen) atoms. The molecule has 7 rings (SSSR count). The van der Waals surface area contributed by atoms with Crippen LogP contribution in [0.2, 0.25) is 0 Å². The first-order valence-electron chi connectivity index (χ1n) is 17.6. The molecule has 0 amide bonds. The second-order valence-electron chi connectivity index (χ2n) is 11.8. The number of rotatable bonds is 2. The molecule has 18 nitrogen and oxygen atoms in total. The molecule has 0 aliphatic carbocycles. The minimum Gasteiger partial charge on any atom is -0.508 e. The van der Waals surface area contributed by atoms with Gasteiger partial charge in [0.05, 0.1) is 25.9 Å². The van der Waals surface area contributed by atoms with Gasteiger partial charge in [0.15, 0.2) is 51.7 Å². The Bertz CT molecular complexity index is 2060. The van der Waals surface area contributed by atoms with Crippen molar-refractivity contribution in [3.8, 4) is 86.2 Å². The molecule has 5 aromatic carbocycles. The Morgan fingerprint density at radius 3 is 1.53 bits per heavy atom. The molecule has 5 aromatic rings. The van der Waals surface area contributed by atoms with Gasteiger partial charge in [-0.3, -0.25) is 0 Å². The van der Waals surface area contributed by atoms with Crippen molar-refractivity contribution in [2.24, 2.45) is 0 Å². The fraction of sp³-hybridized carbons (Fsp3) is 0.244. The molecule has 1 atom stereocenters. The van der Waals surface area contributed by atoms with Gasteiger partial charge in [0.25, 0.3) is 0 Å². The third-order valence-electron chi connectivity index (χ3n) is 8.14. The lowest BCUT2D eigenvalue weighted by Crippen LogP contribution is -2.18. The maximum absolute atomic E-state index is 10.9. The maximum atomic E-state index is 10.9. The number of phenolic OH excluding ortho intramolecular Hbond substituents is 13. The van der Waals surface area contributed by atoms with Crippen LogP contribution in [0.15, 0.2) is 66.7 Å². The Hall–Kier alpha value is -7.47. The van der Waals surface area contributed by atoms with Gasteiger partial charge >= 0.3 is 5.97 Å². The minimum absolute atomic E-state index is 0.0214. The van der Waals surface area contributed by atoms with Crippen LogP contribution >= 0.6 is 0 Å². The molecular weight excluding hydrogens is 780 g/mol. The first-order chi connectivity index (χ1) is 28.0. The molecule has 0 saturated heterocycles. The Balaban J connectivity index is 0.000000290. The van der Waals surface area contributed by atoms with Crippen LogP contribution in [-0.2, 0) is 11.2 Å². The highest BCUT2D eigenvalue weighted by Crippen LogP contribution is 2.52. The van der Waals surface area contributed by atoms with Crippen LogP contribution in [0.1, 0.15) is 59.7 Å². The van der Waals surface area contributed by atoms with Gasteiger partial charge in [-0.25, -0.2) is 4.79 Å². The average Bonchev–Trinajstić information content (AvgIpc) is 3.22. The number of para-hydroxylation sites is 2. The summed E-state index contributed by atoms with van der Waals surface area (Å²) >= 11 is 0. The van der Waals surface area contributed by atoms with Gasteiger partial charge in [-0.2, -0.15) is 0 Å². The summed E-state index contributed by atoms with van der Waals surface area (Å²) in [4.78, 5) is 10.9. The number of aliphatic hydroxyl groups excluding tert-OH is 1. The van der Waals surface area contributed by atoms with Gasteiger partial charge in [0.2, 0.25) is 0 Å². The van der Waals surface area contributed by atoms with Gasteiger partial charge in [0.1, 0.15) is 34.5 Å². The topological polar surface area (TPSA) is 328 Å². The number of carbonyl (C=O) groups excluding carboxylic acids is 1. The van der Waals surface area contributed by atoms with Crippen molar-refractivity contribution in [3.63, 3.8) is 0 Å². The van der Waals surface area contributed by atoms with E-state index in [4.69, 9.17) is 60.5 Å². The lowest BCUT2D eigenvalue weighted by molar-refractivity contribution is 0.0599. The molecule has 2 aliphatic heterocycles. The van der Waals surface area contributed by atoms with Crippen molar-refractivity contribution < 1.29 is 90.5 Å². The predicted molar refractivity (Wildman–Crippen MR) is 210 cm³/mol. The molecule has 0 aromatic heterocycles. The van der Waals surface area contributed by atoms with Crippen LogP contribution in [-0.4, -0.2) is 105 Å². The van der Waals surface area contributed by atoms with Gasteiger partial charge in [-0.15, -0.1) is 0 Å². The highest BCUT2D eigenvalue weighted by Gasteiger charge is 2.34. The lowest BCUT2D eigenvalue weighted by Gasteiger charge is -2.31. The molecule has 0 radical (unpaired) electrons. The molecule has 2 aliphatic rings. The van der Waals surface area contributed by atoms with Crippen molar-refractivity contribution in [3.05, 3.63) is 89.0 Å². The fourth-order valence-electron chi connectivity index (χ4n) is 5.52. The number of esters is 1. The highest BCUT2D eigenvalue weighted by molar-refractivity contribution is 5.91. The van der Waals surface area contributed by atoms with Crippen LogP contribution in [0.3, 0.4) is 0 Å². The largest absolute Gasteiger partial charge is 0.508 e. The second-order valence-corrected chi connectivity index (χ2v) is 11.8. The SMILES string of the molecule is CC.CO.COC(=O)c1cc(O)c(O)c(O)c1.Oc1cc(O)c2c(c1)OCCC2c1c(O)cc(O)c2c1OCCC2.Oc1cccc(O)c1O.Oc1cccc(O)c1O. The number of ether oxygens (including phenoxy) is 3. The molecule has 18 heteroatoms. The van der Waals surface area contributed by atoms with Crippen LogP contribution in [0.25, 0.3) is 0 Å². The van der Waals surface area contributed by atoms with Gasteiger partial charge in [-0.05, 0) is 55.7 Å². The standard InChI is InChI=1S/C18H18O6.C8H8O5.2C6H6O3.C2H6.CH4O/c19-9-6-13(21)16-11(3-5-23-15(16)7-9)17-14(22)8-12(20)10-2-1-4-24-18(10)17;1-13-8(12)4-2-5(9)7(11)6(10)3-4;2*7-4-2-1-3-5(8)6(4)9;2*1-2/h6-8,11,19-22H,1-5H2;2-3,9-11H,1H3;2*1-3,7-9H;1-2H3;2H,1H3. The Kier molecular flexibility index (Phi) is 18.0. The molecule has 2 heterocycles. The normalized spacial score (nSPS) is 12.9. The van der Waals surface area contributed by atoms with Crippen molar-refractivity contribution in [2.75, 3.05) is 27.4 Å². The first-order valence-corrected chi connectivity index (χ1v) is 17.6. The van der Waals surface area contributed by atoms with Crippen molar-refractivity contribution in [2.45, 2.75) is 39.0 Å². The molecule has 0 bridgehead atoms. The van der Waals surface area contributed by atoms with Gasteiger partial charge in [-0.1, -0.05) is 26.0 Å². The smallest absolute Gasteiger partial charge is 0.338 e. The number of fused-ring (bicyclic) bond motifs is 2. The van der Waals surface area contributed by atoms with E-state index in [0.717, 1.165) is 25.7 Å². The molecule has 14 N–H and O–H groups in total. The molecule has 0 fully saturated rings. The second kappa shape index (κ2) is 22.3. The fourth-order valence-corrected chi connectivity index (χ4v) is 5.52. The van der Waals surface area contributed by atoms with Gasteiger partial charge < -0.3 is 85.7 Å². The van der Waals surface area contributed by atoms with E-state index < -0.39 is 34.7 Å². The summed E-state index contributed by atoms with van der Waals surface area (Å²) in [6, 6.07) is 14.1. The predicted octanol–water partition coefficient (Wildman–Crippen LogP) is 5.58. The van der Waals surface area contributed by atoms with E-state index in [-0.39, 0.29) is 57.5 Å². The van der Waals surface area contributed by atoms with E-state index in [9.17, 15) is 25.2 Å². The van der Waals surface area contributed by atoms with Gasteiger partial charge in [0, 0.05) is 47.9 Å². The quantitative estimate of drug-likeness (QED) is 0.0762. The number of benzene rings is 5. The monoisotopic (exact) mass is 828 g/mol.